The molecule has 6 heteroatoms. The first-order valence-electron chi connectivity index (χ1n) is 9.00. The van der Waals surface area contributed by atoms with Crippen LogP contribution in [-0.2, 0) is 14.4 Å². The minimum atomic E-state index is -0.516. The summed E-state index contributed by atoms with van der Waals surface area (Å²) in [4.78, 5) is 39.3. The van der Waals surface area contributed by atoms with Gasteiger partial charge in [-0.15, -0.1) is 0 Å². The van der Waals surface area contributed by atoms with E-state index >= 15 is 0 Å². The molecule has 1 fully saturated rings. The molecule has 1 aliphatic heterocycles. The van der Waals surface area contributed by atoms with Crippen molar-refractivity contribution in [3.05, 3.63) is 54.6 Å². The topological polar surface area (TPSA) is 83.7 Å². The van der Waals surface area contributed by atoms with Crippen LogP contribution in [0.4, 0.5) is 5.69 Å². The Hall–Kier alpha value is -3.15. The second kappa shape index (κ2) is 8.03. The normalized spacial score (nSPS) is 17.1. The standard InChI is InChI=1S/C21H23N3O3/c1-15-13-24(21(27)14-23(15)20(26)12-11-19(22)25)18-10-6-5-9-17(18)16-7-3-2-4-8-16/h2-10,15H,11-14H2,1H3,(H2,22,25)/t15-/m0/s1. The van der Waals surface area contributed by atoms with Crippen molar-refractivity contribution in [2.75, 3.05) is 18.0 Å². The maximum absolute atomic E-state index is 12.8. The number of anilines is 1. The third kappa shape index (κ3) is 4.16. The van der Waals surface area contributed by atoms with E-state index in [-0.39, 0.29) is 37.2 Å². The molecular weight excluding hydrogens is 342 g/mol. The largest absolute Gasteiger partial charge is 0.370 e. The van der Waals surface area contributed by atoms with Crippen LogP contribution in [0, 0.1) is 0 Å². The Balaban J connectivity index is 1.82. The Morgan fingerprint density at radius 1 is 1.04 bits per heavy atom. The lowest BCUT2D eigenvalue weighted by Crippen LogP contribution is -2.57. The molecular formula is C21H23N3O3. The van der Waals surface area contributed by atoms with E-state index in [9.17, 15) is 14.4 Å². The van der Waals surface area contributed by atoms with Crippen molar-refractivity contribution in [3.8, 4) is 11.1 Å². The van der Waals surface area contributed by atoms with Gasteiger partial charge in [0.2, 0.25) is 17.7 Å². The molecule has 1 aliphatic rings. The molecule has 1 atom stereocenters. The van der Waals surface area contributed by atoms with Gasteiger partial charge in [0.1, 0.15) is 6.54 Å². The van der Waals surface area contributed by atoms with Crippen LogP contribution in [-0.4, -0.2) is 41.8 Å². The van der Waals surface area contributed by atoms with Crippen molar-refractivity contribution in [2.24, 2.45) is 5.73 Å². The molecule has 6 nitrogen and oxygen atoms in total. The zero-order chi connectivity index (χ0) is 19.4. The fraction of sp³-hybridized carbons (Fsp3) is 0.286. The molecule has 1 heterocycles. The molecule has 0 unspecified atom stereocenters. The Kier molecular flexibility index (Phi) is 5.54. The van der Waals surface area contributed by atoms with Crippen LogP contribution in [0.5, 0.6) is 0 Å². The van der Waals surface area contributed by atoms with Gasteiger partial charge in [0.05, 0.1) is 5.69 Å². The summed E-state index contributed by atoms with van der Waals surface area (Å²) in [5.41, 5.74) is 7.97. The van der Waals surface area contributed by atoms with Crippen molar-refractivity contribution < 1.29 is 14.4 Å². The van der Waals surface area contributed by atoms with Gasteiger partial charge in [-0.1, -0.05) is 48.5 Å². The number of benzene rings is 2. The van der Waals surface area contributed by atoms with Crippen LogP contribution < -0.4 is 10.6 Å². The molecule has 0 saturated carbocycles. The van der Waals surface area contributed by atoms with Gasteiger partial charge in [-0.05, 0) is 18.6 Å². The average Bonchev–Trinajstić information content (AvgIpc) is 2.68. The Labute approximate surface area is 158 Å². The molecule has 27 heavy (non-hydrogen) atoms. The molecule has 0 aromatic heterocycles. The molecule has 2 N–H and O–H groups in total. The number of carbonyl (C=O) groups excluding carboxylic acids is 3. The van der Waals surface area contributed by atoms with Gasteiger partial charge in [-0.25, -0.2) is 0 Å². The predicted octanol–water partition coefficient (Wildman–Crippen LogP) is 2.18. The van der Waals surface area contributed by atoms with Crippen molar-refractivity contribution >= 4 is 23.4 Å². The minimum absolute atomic E-state index is 0.00187. The van der Waals surface area contributed by atoms with E-state index in [4.69, 9.17) is 5.73 Å². The number of amides is 3. The van der Waals surface area contributed by atoms with Crippen LogP contribution in [0.3, 0.4) is 0 Å². The average molecular weight is 365 g/mol. The number of nitrogens with two attached hydrogens (primary N) is 1. The first-order valence-corrected chi connectivity index (χ1v) is 9.00. The number of carbonyl (C=O) groups is 3. The SMILES string of the molecule is C[C@H]1CN(c2ccccc2-c2ccccc2)C(=O)CN1C(=O)CCC(N)=O. The number of hydrogen-bond donors (Lipinski definition) is 1. The third-order valence-corrected chi connectivity index (χ3v) is 4.77. The van der Waals surface area contributed by atoms with Crippen LogP contribution >= 0.6 is 0 Å². The molecule has 1 saturated heterocycles. The van der Waals surface area contributed by atoms with Crippen molar-refractivity contribution in [1.29, 1.82) is 0 Å². The highest BCUT2D eigenvalue weighted by Crippen LogP contribution is 2.32. The second-order valence-corrected chi connectivity index (χ2v) is 6.72. The van der Waals surface area contributed by atoms with Crippen LogP contribution in [0.25, 0.3) is 11.1 Å². The van der Waals surface area contributed by atoms with Gasteiger partial charge in [0.25, 0.3) is 0 Å². The zero-order valence-electron chi connectivity index (χ0n) is 15.3. The molecule has 0 radical (unpaired) electrons. The first-order chi connectivity index (χ1) is 13.0. The zero-order valence-corrected chi connectivity index (χ0v) is 15.3. The van der Waals surface area contributed by atoms with Crippen molar-refractivity contribution in [1.82, 2.24) is 4.90 Å². The van der Waals surface area contributed by atoms with Crippen LogP contribution in [0.2, 0.25) is 0 Å². The van der Waals surface area contributed by atoms with E-state index in [1.165, 1.54) is 4.90 Å². The Bertz CT molecular complexity index is 851. The number of hydrogen-bond acceptors (Lipinski definition) is 3. The summed E-state index contributed by atoms with van der Waals surface area (Å²) in [6.07, 6.45) is 0.0321. The summed E-state index contributed by atoms with van der Waals surface area (Å²) in [5.74, 6) is -0.868. The molecule has 0 spiro atoms. The molecule has 140 valence electrons. The third-order valence-electron chi connectivity index (χ3n) is 4.77. The minimum Gasteiger partial charge on any atom is -0.370 e. The van der Waals surface area contributed by atoms with Gasteiger partial charge in [0.15, 0.2) is 0 Å². The van der Waals surface area contributed by atoms with Gasteiger partial charge < -0.3 is 15.5 Å². The second-order valence-electron chi connectivity index (χ2n) is 6.72. The fourth-order valence-electron chi connectivity index (χ4n) is 3.36. The lowest BCUT2D eigenvalue weighted by atomic mass is 10.0. The number of primary amides is 1. The summed E-state index contributed by atoms with van der Waals surface area (Å²) < 4.78 is 0. The van der Waals surface area contributed by atoms with Gasteiger partial charge >= 0.3 is 0 Å². The molecule has 3 amide bonds. The first kappa shape index (κ1) is 18.6. The Morgan fingerprint density at radius 2 is 1.70 bits per heavy atom. The molecule has 0 bridgehead atoms. The monoisotopic (exact) mass is 365 g/mol. The van der Waals surface area contributed by atoms with E-state index in [1.807, 2.05) is 61.5 Å². The summed E-state index contributed by atoms with van der Waals surface area (Å²) in [6, 6.07) is 17.5. The number of piperazine rings is 1. The van der Waals surface area contributed by atoms with Crippen LogP contribution in [0.15, 0.2) is 54.6 Å². The maximum Gasteiger partial charge on any atom is 0.246 e. The van der Waals surface area contributed by atoms with E-state index in [0.717, 1.165) is 16.8 Å². The number of nitrogens with zero attached hydrogens (tertiary/aromatic N) is 2. The smallest absolute Gasteiger partial charge is 0.246 e. The molecule has 2 aromatic rings. The van der Waals surface area contributed by atoms with Crippen molar-refractivity contribution in [3.63, 3.8) is 0 Å². The lowest BCUT2D eigenvalue weighted by molar-refractivity contribution is -0.140. The Morgan fingerprint density at radius 3 is 2.41 bits per heavy atom. The van der Waals surface area contributed by atoms with E-state index in [2.05, 4.69) is 0 Å². The summed E-state index contributed by atoms with van der Waals surface area (Å²) >= 11 is 0. The molecule has 2 aromatic carbocycles. The van der Waals surface area contributed by atoms with E-state index < -0.39 is 5.91 Å². The van der Waals surface area contributed by atoms with Gasteiger partial charge in [-0.3, -0.25) is 14.4 Å². The molecule has 3 rings (SSSR count). The van der Waals surface area contributed by atoms with Crippen LogP contribution in [0.1, 0.15) is 19.8 Å². The highest BCUT2D eigenvalue weighted by Gasteiger charge is 2.33. The maximum atomic E-state index is 12.8. The summed E-state index contributed by atoms with van der Waals surface area (Å²) in [7, 11) is 0. The van der Waals surface area contributed by atoms with Gasteiger partial charge in [-0.2, -0.15) is 0 Å². The summed E-state index contributed by atoms with van der Waals surface area (Å²) in [5, 5.41) is 0. The quantitative estimate of drug-likeness (QED) is 0.881. The lowest BCUT2D eigenvalue weighted by Gasteiger charge is -2.40. The number of para-hydroxylation sites is 1. The fourth-order valence-corrected chi connectivity index (χ4v) is 3.36. The highest BCUT2D eigenvalue weighted by atomic mass is 16.2. The van der Waals surface area contributed by atoms with Crippen molar-refractivity contribution in [2.45, 2.75) is 25.8 Å². The summed E-state index contributed by atoms with van der Waals surface area (Å²) in [6.45, 7) is 2.32. The highest BCUT2D eigenvalue weighted by molar-refractivity contribution is 6.01. The predicted molar refractivity (Wildman–Crippen MR) is 104 cm³/mol. The van der Waals surface area contributed by atoms with E-state index in [0.29, 0.717) is 6.54 Å². The number of rotatable bonds is 5. The van der Waals surface area contributed by atoms with E-state index in [1.54, 1.807) is 4.90 Å². The molecule has 0 aliphatic carbocycles. The van der Waals surface area contributed by atoms with Gasteiger partial charge in [0, 0.05) is 31.0 Å².